The van der Waals surface area contributed by atoms with Crippen LogP contribution in [-0.2, 0) is 14.3 Å². The zero-order chi connectivity index (χ0) is 12.3. The first-order valence-corrected chi connectivity index (χ1v) is 6.63. The van der Waals surface area contributed by atoms with Crippen LogP contribution in [0.15, 0.2) is 0 Å². The van der Waals surface area contributed by atoms with E-state index in [4.69, 9.17) is 4.74 Å². The molecule has 2 atom stereocenters. The van der Waals surface area contributed by atoms with Crippen LogP contribution < -0.4 is 0 Å². The Balaban J connectivity index is 2.13. The quantitative estimate of drug-likeness (QED) is 0.656. The summed E-state index contributed by atoms with van der Waals surface area (Å²) in [6.07, 6.45) is 7.81. The highest BCUT2D eigenvalue weighted by Gasteiger charge is 2.40. The molecular weight excluding hydrogens is 218 g/mol. The molecule has 0 radical (unpaired) electrons. The number of nitrogens with zero attached hydrogens (tertiary/aromatic N) is 1. The van der Waals surface area contributed by atoms with E-state index in [1.165, 1.54) is 20.0 Å². The van der Waals surface area contributed by atoms with Crippen molar-refractivity contribution in [3.05, 3.63) is 0 Å². The highest BCUT2D eigenvalue weighted by atomic mass is 16.5. The van der Waals surface area contributed by atoms with E-state index in [2.05, 4.69) is 0 Å². The fraction of sp³-hybridized carbons (Fsp3) is 0.846. The Morgan fingerprint density at radius 1 is 1.18 bits per heavy atom. The van der Waals surface area contributed by atoms with E-state index in [1.54, 1.807) is 0 Å². The first kappa shape index (κ1) is 12.4. The van der Waals surface area contributed by atoms with Gasteiger partial charge in [0.15, 0.2) is 0 Å². The van der Waals surface area contributed by atoms with Crippen LogP contribution in [0.3, 0.4) is 0 Å². The normalized spacial score (nSPS) is 30.2. The molecule has 0 bridgehead atoms. The summed E-state index contributed by atoms with van der Waals surface area (Å²) >= 11 is 0. The van der Waals surface area contributed by atoms with Crippen LogP contribution in [0, 0.1) is 0 Å². The Kier molecular flexibility index (Phi) is 4.02. The molecule has 17 heavy (non-hydrogen) atoms. The van der Waals surface area contributed by atoms with Crippen molar-refractivity contribution in [3.63, 3.8) is 0 Å². The van der Waals surface area contributed by atoms with E-state index in [0.717, 1.165) is 32.1 Å². The second kappa shape index (κ2) is 5.52. The summed E-state index contributed by atoms with van der Waals surface area (Å²) < 4.78 is 4.80. The summed E-state index contributed by atoms with van der Waals surface area (Å²) in [6, 6.07) is -0.0553. The first-order chi connectivity index (χ1) is 8.24. The maximum absolute atomic E-state index is 12.2. The van der Waals surface area contributed by atoms with Crippen LogP contribution in [0.2, 0.25) is 0 Å². The summed E-state index contributed by atoms with van der Waals surface area (Å²) in [6.45, 7) is 0. The van der Waals surface area contributed by atoms with Crippen LogP contribution in [0.5, 0.6) is 0 Å². The van der Waals surface area contributed by atoms with Crippen LogP contribution in [0.1, 0.15) is 51.4 Å². The topological polar surface area (TPSA) is 46.6 Å². The van der Waals surface area contributed by atoms with E-state index < -0.39 is 0 Å². The van der Waals surface area contributed by atoms with Crippen LogP contribution in [0.4, 0.5) is 0 Å². The maximum atomic E-state index is 12.2. The Labute approximate surface area is 102 Å². The van der Waals surface area contributed by atoms with E-state index >= 15 is 0 Å². The van der Waals surface area contributed by atoms with Gasteiger partial charge in [0.05, 0.1) is 7.11 Å². The summed E-state index contributed by atoms with van der Waals surface area (Å²) in [5.41, 5.74) is 0. The van der Waals surface area contributed by atoms with E-state index in [-0.39, 0.29) is 24.0 Å². The van der Waals surface area contributed by atoms with Crippen molar-refractivity contribution in [1.29, 1.82) is 0 Å². The number of hydrogen-bond acceptors (Lipinski definition) is 3. The SMILES string of the molecule is COC(=O)[C@@H]1CC[C@@H]2CCCCCCC(=O)N21. The molecule has 0 aromatic heterocycles. The first-order valence-electron chi connectivity index (χ1n) is 6.63. The van der Waals surface area contributed by atoms with Crippen LogP contribution in [-0.4, -0.2) is 36.0 Å². The number of esters is 1. The molecule has 0 aliphatic carbocycles. The number of hydrogen-bond donors (Lipinski definition) is 0. The molecule has 0 spiro atoms. The van der Waals surface area contributed by atoms with E-state index in [1.807, 2.05) is 4.90 Å². The van der Waals surface area contributed by atoms with Gasteiger partial charge >= 0.3 is 5.97 Å². The van der Waals surface area contributed by atoms with E-state index in [9.17, 15) is 9.59 Å². The number of carbonyl (C=O) groups is 2. The molecule has 2 aliphatic heterocycles. The largest absolute Gasteiger partial charge is 0.467 e. The van der Waals surface area contributed by atoms with Gasteiger partial charge in [-0.2, -0.15) is 0 Å². The van der Waals surface area contributed by atoms with Crippen molar-refractivity contribution >= 4 is 11.9 Å². The number of carbonyl (C=O) groups excluding carboxylic acids is 2. The number of rotatable bonds is 1. The standard InChI is InChI=1S/C13H21NO3/c1-17-13(16)11-9-8-10-6-4-2-3-5-7-12(15)14(10)11/h10-11H,2-9H2,1H3/t10-,11-/m0/s1. The minimum Gasteiger partial charge on any atom is -0.467 e. The minimum atomic E-state index is -0.324. The zero-order valence-electron chi connectivity index (χ0n) is 10.5. The van der Waals surface area contributed by atoms with Gasteiger partial charge in [0, 0.05) is 12.5 Å². The molecule has 96 valence electrons. The second-order valence-electron chi connectivity index (χ2n) is 5.02. The molecule has 0 aromatic rings. The van der Waals surface area contributed by atoms with Gasteiger partial charge in [0.1, 0.15) is 6.04 Å². The van der Waals surface area contributed by atoms with E-state index in [0.29, 0.717) is 6.42 Å². The monoisotopic (exact) mass is 239 g/mol. The Morgan fingerprint density at radius 3 is 2.71 bits per heavy atom. The van der Waals surface area contributed by atoms with Gasteiger partial charge in [0.25, 0.3) is 0 Å². The van der Waals surface area contributed by atoms with Gasteiger partial charge in [-0.3, -0.25) is 4.79 Å². The molecule has 2 saturated heterocycles. The third-order valence-corrected chi connectivity index (χ3v) is 3.94. The zero-order valence-corrected chi connectivity index (χ0v) is 10.5. The Hall–Kier alpha value is -1.06. The Bertz CT molecular complexity index is 303. The predicted molar refractivity (Wildman–Crippen MR) is 63.4 cm³/mol. The number of fused-ring (bicyclic) bond motifs is 1. The van der Waals surface area contributed by atoms with Gasteiger partial charge in [-0.15, -0.1) is 0 Å². The molecule has 4 heteroatoms. The predicted octanol–water partition coefficient (Wildman–Crippen LogP) is 1.87. The average Bonchev–Trinajstić information content (AvgIpc) is 2.77. The summed E-state index contributed by atoms with van der Waals surface area (Å²) in [4.78, 5) is 25.6. The van der Waals surface area contributed by atoms with Crippen LogP contribution in [0.25, 0.3) is 0 Å². The molecule has 0 saturated carbocycles. The lowest BCUT2D eigenvalue weighted by atomic mass is 10.1. The third-order valence-electron chi connectivity index (χ3n) is 3.94. The van der Waals surface area contributed by atoms with Gasteiger partial charge in [-0.25, -0.2) is 4.79 Å². The second-order valence-corrected chi connectivity index (χ2v) is 5.02. The molecule has 4 nitrogen and oxygen atoms in total. The van der Waals surface area contributed by atoms with Crippen LogP contribution >= 0.6 is 0 Å². The highest BCUT2D eigenvalue weighted by molar-refractivity contribution is 5.85. The lowest BCUT2D eigenvalue weighted by Crippen LogP contribution is -2.45. The number of methoxy groups -OCH3 is 1. The molecule has 0 aromatic carbocycles. The molecule has 2 heterocycles. The fourth-order valence-corrected chi connectivity index (χ4v) is 3.05. The van der Waals surface area contributed by atoms with Crippen molar-refractivity contribution in [2.24, 2.45) is 0 Å². The van der Waals surface area contributed by atoms with Crippen molar-refractivity contribution in [1.82, 2.24) is 4.90 Å². The molecule has 0 unspecified atom stereocenters. The van der Waals surface area contributed by atoms with Gasteiger partial charge in [0.2, 0.25) is 5.91 Å². The maximum Gasteiger partial charge on any atom is 0.328 e. The summed E-state index contributed by atoms with van der Waals surface area (Å²) in [5, 5.41) is 0. The average molecular weight is 239 g/mol. The Morgan fingerprint density at radius 2 is 1.94 bits per heavy atom. The summed E-state index contributed by atoms with van der Waals surface area (Å²) in [7, 11) is 1.40. The van der Waals surface area contributed by atoms with Gasteiger partial charge in [-0.1, -0.05) is 19.3 Å². The molecule has 1 amide bonds. The van der Waals surface area contributed by atoms with Gasteiger partial charge in [-0.05, 0) is 25.7 Å². The smallest absolute Gasteiger partial charge is 0.328 e. The molecule has 2 rings (SSSR count). The minimum absolute atomic E-state index is 0.143. The molecular formula is C13H21NO3. The van der Waals surface area contributed by atoms with Crippen molar-refractivity contribution in [2.45, 2.75) is 63.5 Å². The third kappa shape index (κ3) is 2.61. The number of amides is 1. The summed E-state index contributed by atoms with van der Waals surface area (Å²) in [5.74, 6) is -0.107. The van der Waals surface area contributed by atoms with Gasteiger partial charge < -0.3 is 9.64 Å². The highest BCUT2D eigenvalue weighted by Crippen LogP contribution is 2.31. The molecule has 0 N–H and O–H groups in total. The lowest BCUT2D eigenvalue weighted by molar-refractivity contribution is -0.152. The van der Waals surface area contributed by atoms with Crippen molar-refractivity contribution in [2.75, 3.05) is 7.11 Å². The van der Waals surface area contributed by atoms with Crippen molar-refractivity contribution in [3.8, 4) is 0 Å². The lowest BCUT2D eigenvalue weighted by Gasteiger charge is -2.28. The van der Waals surface area contributed by atoms with Crippen molar-refractivity contribution < 1.29 is 14.3 Å². The molecule has 2 aliphatic rings. The fourth-order valence-electron chi connectivity index (χ4n) is 3.05. The molecule has 2 fully saturated rings. The number of ether oxygens (including phenoxy) is 1.